The van der Waals surface area contributed by atoms with E-state index >= 15 is 0 Å². The molecule has 2 rings (SSSR count). The minimum absolute atomic E-state index is 0.255. The number of rotatable bonds is 6. The van der Waals surface area contributed by atoms with Gasteiger partial charge in [0, 0.05) is 17.8 Å². The molecule has 0 heterocycles. The van der Waals surface area contributed by atoms with Crippen molar-refractivity contribution in [2.24, 2.45) is 0 Å². The number of anilines is 1. The molecule has 2 aromatic rings. The van der Waals surface area contributed by atoms with E-state index in [9.17, 15) is 4.79 Å². The Balaban J connectivity index is 2.02. The lowest BCUT2D eigenvalue weighted by atomic mass is 10.0. The topological polar surface area (TPSA) is 80.9 Å². The first-order chi connectivity index (χ1) is 13.4. The number of carbonyl (C=O) groups excluding carboxylic acids is 1. The molecule has 0 aromatic heterocycles. The number of hydrogen-bond acceptors (Lipinski definition) is 5. The molecule has 28 heavy (non-hydrogen) atoms. The second-order valence-corrected chi connectivity index (χ2v) is 6.63. The van der Waals surface area contributed by atoms with Crippen molar-refractivity contribution in [2.45, 2.75) is 19.8 Å². The molecule has 0 unspecified atom stereocenters. The van der Waals surface area contributed by atoms with Crippen LogP contribution in [0.15, 0.2) is 36.4 Å². The van der Waals surface area contributed by atoms with E-state index in [1.54, 1.807) is 6.07 Å². The Morgan fingerprint density at radius 3 is 2.00 bits per heavy atom. The summed E-state index contributed by atoms with van der Waals surface area (Å²) in [5.41, 5.74) is 7.55. The first-order valence-corrected chi connectivity index (χ1v) is 9.07. The predicted octanol–water partition coefficient (Wildman–Crippen LogP) is 3.47. The van der Waals surface area contributed by atoms with Gasteiger partial charge in [0.25, 0.3) is 5.91 Å². The number of ether oxygens (including phenoxy) is 3. The molecule has 0 atom stereocenters. The summed E-state index contributed by atoms with van der Waals surface area (Å²) in [4.78, 5) is 12.5. The minimum Gasteiger partial charge on any atom is -0.496 e. The smallest absolute Gasteiger partial charge is 0.273 e. The highest BCUT2D eigenvalue weighted by atomic mass is 32.1. The minimum atomic E-state index is -0.433. The Morgan fingerprint density at radius 1 is 0.893 bits per heavy atom. The van der Waals surface area contributed by atoms with Gasteiger partial charge in [-0.3, -0.25) is 15.6 Å². The van der Waals surface area contributed by atoms with Crippen LogP contribution in [-0.4, -0.2) is 32.3 Å². The number of benzene rings is 2. The molecule has 7 nitrogen and oxygen atoms in total. The highest BCUT2D eigenvalue weighted by Crippen LogP contribution is 2.34. The average molecular weight is 404 g/mol. The second-order valence-electron chi connectivity index (χ2n) is 6.22. The summed E-state index contributed by atoms with van der Waals surface area (Å²) in [6, 6.07) is 11.0. The van der Waals surface area contributed by atoms with E-state index in [1.165, 1.54) is 33.0 Å². The van der Waals surface area contributed by atoms with E-state index in [-0.39, 0.29) is 10.7 Å². The van der Waals surface area contributed by atoms with Crippen LogP contribution in [0.1, 0.15) is 35.7 Å². The lowest BCUT2D eigenvalue weighted by Gasteiger charge is -2.15. The van der Waals surface area contributed by atoms with Crippen molar-refractivity contribution in [3.05, 3.63) is 47.5 Å². The Bertz CT molecular complexity index is 838. The van der Waals surface area contributed by atoms with Gasteiger partial charge >= 0.3 is 0 Å². The van der Waals surface area contributed by atoms with E-state index in [2.05, 4.69) is 30.0 Å². The molecule has 0 aliphatic carbocycles. The van der Waals surface area contributed by atoms with Gasteiger partial charge in [-0.05, 0) is 35.8 Å². The lowest BCUT2D eigenvalue weighted by molar-refractivity contribution is 0.0940. The van der Waals surface area contributed by atoms with Crippen LogP contribution < -0.4 is 30.4 Å². The zero-order valence-electron chi connectivity index (χ0n) is 16.6. The SMILES string of the molecule is COc1cc(OC)c(C(=O)NNC(=S)Nc2ccc(C(C)C)cc2)cc1OC. The molecule has 1 amide bonds. The van der Waals surface area contributed by atoms with Gasteiger partial charge < -0.3 is 19.5 Å². The van der Waals surface area contributed by atoms with Crippen molar-refractivity contribution in [1.82, 2.24) is 10.9 Å². The predicted molar refractivity (Wildman–Crippen MR) is 113 cm³/mol. The number of methoxy groups -OCH3 is 3. The van der Waals surface area contributed by atoms with E-state index in [0.29, 0.717) is 23.2 Å². The molecule has 0 radical (unpaired) electrons. The van der Waals surface area contributed by atoms with E-state index in [1.807, 2.05) is 24.3 Å². The van der Waals surface area contributed by atoms with Gasteiger partial charge in [-0.2, -0.15) is 0 Å². The van der Waals surface area contributed by atoms with Crippen LogP contribution in [0.2, 0.25) is 0 Å². The van der Waals surface area contributed by atoms with Gasteiger partial charge in [0.05, 0.1) is 26.9 Å². The van der Waals surface area contributed by atoms with Crippen LogP contribution in [0.4, 0.5) is 5.69 Å². The second kappa shape index (κ2) is 9.80. The molecule has 2 aromatic carbocycles. The molecule has 150 valence electrons. The third-order valence-corrected chi connectivity index (χ3v) is 4.28. The van der Waals surface area contributed by atoms with Crippen molar-refractivity contribution < 1.29 is 19.0 Å². The molecule has 0 saturated carbocycles. The Hall–Kier alpha value is -3.00. The maximum atomic E-state index is 12.5. The quantitative estimate of drug-likeness (QED) is 0.503. The zero-order chi connectivity index (χ0) is 20.7. The van der Waals surface area contributed by atoms with E-state index in [0.717, 1.165) is 5.69 Å². The van der Waals surface area contributed by atoms with Crippen LogP contribution in [0.3, 0.4) is 0 Å². The number of amides is 1. The van der Waals surface area contributed by atoms with Gasteiger partial charge in [-0.25, -0.2) is 0 Å². The molecular weight excluding hydrogens is 378 g/mol. The molecule has 0 saturated heterocycles. The summed E-state index contributed by atoms with van der Waals surface area (Å²) in [5, 5.41) is 3.27. The van der Waals surface area contributed by atoms with E-state index in [4.69, 9.17) is 26.4 Å². The zero-order valence-corrected chi connectivity index (χ0v) is 17.4. The van der Waals surface area contributed by atoms with Crippen LogP contribution in [0, 0.1) is 0 Å². The van der Waals surface area contributed by atoms with Crippen LogP contribution in [0.5, 0.6) is 17.2 Å². The van der Waals surface area contributed by atoms with Crippen molar-refractivity contribution >= 4 is 28.9 Å². The molecule has 0 fully saturated rings. The van der Waals surface area contributed by atoms with Gasteiger partial charge in [0.15, 0.2) is 16.6 Å². The summed E-state index contributed by atoms with van der Waals surface area (Å²) in [7, 11) is 4.47. The highest BCUT2D eigenvalue weighted by Gasteiger charge is 2.18. The maximum absolute atomic E-state index is 12.5. The molecule has 0 bridgehead atoms. The standard InChI is InChI=1S/C20H25N3O4S/c1-12(2)13-6-8-14(9-7-13)21-20(28)23-22-19(24)15-10-17(26-4)18(27-5)11-16(15)25-3/h6-12H,1-5H3,(H,22,24)(H2,21,23,28). The molecule has 8 heteroatoms. The van der Waals surface area contributed by atoms with Crippen LogP contribution >= 0.6 is 12.2 Å². The summed E-state index contributed by atoms with van der Waals surface area (Å²) in [6.07, 6.45) is 0. The number of carbonyl (C=O) groups is 1. The third-order valence-electron chi connectivity index (χ3n) is 4.08. The van der Waals surface area contributed by atoms with Crippen molar-refractivity contribution in [2.75, 3.05) is 26.6 Å². The van der Waals surface area contributed by atoms with Crippen molar-refractivity contribution in [3.8, 4) is 17.2 Å². The third kappa shape index (κ3) is 5.26. The largest absolute Gasteiger partial charge is 0.496 e. The van der Waals surface area contributed by atoms with Crippen molar-refractivity contribution in [3.63, 3.8) is 0 Å². The number of hydrazine groups is 1. The van der Waals surface area contributed by atoms with Crippen LogP contribution in [-0.2, 0) is 0 Å². The molecule has 0 aliphatic rings. The summed E-state index contributed by atoms with van der Waals surface area (Å²) in [6.45, 7) is 4.26. The molecule has 0 aliphatic heterocycles. The fourth-order valence-corrected chi connectivity index (χ4v) is 2.67. The summed E-state index contributed by atoms with van der Waals surface area (Å²) < 4.78 is 15.7. The van der Waals surface area contributed by atoms with Gasteiger partial charge in [0.2, 0.25) is 0 Å². The molecular formula is C20H25N3O4S. The van der Waals surface area contributed by atoms with Gasteiger partial charge in [-0.1, -0.05) is 26.0 Å². The number of hydrogen-bond donors (Lipinski definition) is 3. The molecule has 3 N–H and O–H groups in total. The highest BCUT2D eigenvalue weighted by molar-refractivity contribution is 7.80. The fourth-order valence-electron chi connectivity index (χ4n) is 2.50. The van der Waals surface area contributed by atoms with Gasteiger partial charge in [-0.15, -0.1) is 0 Å². The van der Waals surface area contributed by atoms with Gasteiger partial charge in [0.1, 0.15) is 5.75 Å². The Morgan fingerprint density at radius 2 is 1.46 bits per heavy atom. The summed E-state index contributed by atoms with van der Waals surface area (Å²) >= 11 is 5.23. The maximum Gasteiger partial charge on any atom is 0.273 e. The monoisotopic (exact) mass is 403 g/mol. The fraction of sp³-hybridized carbons (Fsp3) is 0.300. The van der Waals surface area contributed by atoms with Crippen molar-refractivity contribution in [1.29, 1.82) is 0 Å². The first-order valence-electron chi connectivity index (χ1n) is 8.66. The normalized spacial score (nSPS) is 10.2. The lowest BCUT2D eigenvalue weighted by Crippen LogP contribution is -2.43. The summed E-state index contributed by atoms with van der Waals surface area (Å²) in [5.74, 6) is 1.25. The van der Waals surface area contributed by atoms with Crippen LogP contribution in [0.25, 0.3) is 0 Å². The average Bonchev–Trinajstić information content (AvgIpc) is 2.71. The number of nitrogens with one attached hydrogen (secondary N) is 3. The molecule has 0 spiro atoms. The first kappa shape index (κ1) is 21.3. The Kier molecular flexibility index (Phi) is 7.45. The number of thiocarbonyl (C=S) groups is 1. The Labute approximate surface area is 170 Å². The van der Waals surface area contributed by atoms with E-state index < -0.39 is 5.91 Å².